The van der Waals surface area contributed by atoms with Gasteiger partial charge in [0.05, 0.1) is 18.6 Å². The number of guanidine groups is 1. The predicted octanol–water partition coefficient (Wildman–Crippen LogP) is 1.45. The molecule has 9 heteroatoms. The van der Waals surface area contributed by atoms with Crippen LogP contribution in [0.5, 0.6) is 5.75 Å². The Morgan fingerprint density at radius 1 is 1.23 bits per heavy atom. The third kappa shape index (κ3) is 6.19. The molecule has 0 aliphatic carbocycles. The molecule has 0 radical (unpaired) electrons. The summed E-state index contributed by atoms with van der Waals surface area (Å²) in [7, 11) is 0.446. The zero-order valence-corrected chi connectivity index (χ0v) is 18.8. The first-order chi connectivity index (χ1) is 12.0. The monoisotopic (exact) mass is 496 g/mol. The molecule has 0 aromatic heterocycles. The Hall–Kier alpha value is -1.23. The smallest absolute Gasteiger partial charge is 0.193 e. The zero-order valence-electron chi connectivity index (χ0n) is 15.6. The maximum atomic E-state index is 11.6. The average Bonchev–Trinajstić information content (AvgIpc) is 2.65. The number of sulfone groups is 1. The second-order valence-electron chi connectivity index (χ2n) is 5.86. The van der Waals surface area contributed by atoms with E-state index in [1.807, 2.05) is 18.2 Å². The number of hydrogen-bond donors (Lipinski definition) is 1. The number of aliphatic imine (C=N–C) groups is 1. The SMILES string of the molecule is CCS(=O)(=O)CCNC(=NC)N1CCN(c2ccccc2OC)CC1.I. The molecular formula is C17H29IN4O3S. The maximum Gasteiger partial charge on any atom is 0.193 e. The van der Waals surface area contributed by atoms with E-state index in [9.17, 15) is 8.42 Å². The number of anilines is 1. The van der Waals surface area contributed by atoms with Crippen LogP contribution in [-0.4, -0.2) is 77.7 Å². The van der Waals surface area contributed by atoms with Gasteiger partial charge in [0, 0.05) is 45.5 Å². The lowest BCUT2D eigenvalue weighted by Crippen LogP contribution is -2.53. The van der Waals surface area contributed by atoms with E-state index >= 15 is 0 Å². The van der Waals surface area contributed by atoms with Crippen molar-refractivity contribution in [2.45, 2.75) is 6.92 Å². The highest BCUT2D eigenvalue weighted by atomic mass is 127. The summed E-state index contributed by atoms with van der Waals surface area (Å²) < 4.78 is 28.6. The van der Waals surface area contributed by atoms with Gasteiger partial charge >= 0.3 is 0 Å². The topological polar surface area (TPSA) is 74.2 Å². The van der Waals surface area contributed by atoms with Crippen LogP contribution in [0.1, 0.15) is 6.92 Å². The Morgan fingerprint density at radius 2 is 1.88 bits per heavy atom. The molecule has 1 aliphatic rings. The van der Waals surface area contributed by atoms with Gasteiger partial charge in [0.25, 0.3) is 0 Å². The molecule has 0 spiro atoms. The number of methoxy groups -OCH3 is 1. The minimum atomic E-state index is -2.96. The van der Waals surface area contributed by atoms with E-state index in [4.69, 9.17) is 4.74 Å². The first kappa shape index (κ1) is 22.8. The highest BCUT2D eigenvalue weighted by molar-refractivity contribution is 14.0. The molecule has 1 aliphatic heterocycles. The number of rotatable bonds is 6. The fourth-order valence-electron chi connectivity index (χ4n) is 2.85. The van der Waals surface area contributed by atoms with Gasteiger partial charge in [0.1, 0.15) is 5.75 Å². The third-order valence-corrected chi connectivity index (χ3v) is 6.06. The minimum Gasteiger partial charge on any atom is -0.495 e. The van der Waals surface area contributed by atoms with Crippen LogP contribution >= 0.6 is 24.0 Å². The molecule has 1 heterocycles. The molecule has 148 valence electrons. The molecular weight excluding hydrogens is 467 g/mol. The lowest BCUT2D eigenvalue weighted by molar-refractivity contribution is 0.368. The standard InChI is InChI=1S/C17H28N4O3S.HI/c1-4-25(22,23)14-9-19-17(18-2)21-12-10-20(11-13-21)15-7-5-6-8-16(15)24-3;/h5-8H,4,9-14H2,1-3H3,(H,18,19);1H. The van der Waals surface area contributed by atoms with Crippen molar-refractivity contribution in [2.24, 2.45) is 4.99 Å². The Labute approximate surface area is 173 Å². The summed E-state index contributed by atoms with van der Waals surface area (Å²) in [5.74, 6) is 1.93. The van der Waals surface area contributed by atoms with Gasteiger partial charge in [-0.25, -0.2) is 8.42 Å². The number of benzene rings is 1. The molecule has 1 fully saturated rings. The van der Waals surface area contributed by atoms with Crippen molar-refractivity contribution in [2.75, 3.05) is 63.3 Å². The summed E-state index contributed by atoms with van der Waals surface area (Å²) >= 11 is 0. The molecule has 0 amide bonds. The van der Waals surface area contributed by atoms with E-state index in [-0.39, 0.29) is 35.5 Å². The average molecular weight is 496 g/mol. The second kappa shape index (κ2) is 10.8. The maximum absolute atomic E-state index is 11.6. The van der Waals surface area contributed by atoms with Crippen molar-refractivity contribution < 1.29 is 13.2 Å². The van der Waals surface area contributed by atoms with Gasteiger partial charge in [-0.15, -0.1) is 24.0 Å². The number of nitrogens with one attached hydrogen (secondary N) is 1. The van der Waals surface area contributed by atoms with E-state index in [2.05, 4.69) is 26.2 Å². The van der Waals surface area contributed by atoms with Crippen LogP contribution in [0.3, 0.4) is 0 Å². The van der Waals surface area contributed by atoms with Crippen molar-refractivity contribution >= 4 is 45.5 Å². The lowest BCUT2D eigenvalue weighted by atomic mass is 10.2. The van der Waals surface area contributed by atoms with E-state index in [0.29, 0.717) is 6.54 Å². The zero-order chi connectivity index (χ0) is 18.3. The summed E-state index contributed by atoms with van der Waals surface area (Å²) in [4.78, 5) is 8.74. The van der Waals surface area contributed by atoms with Crippen molar-refractivity contribution in [1.29, 1.82) is 0 Å². The largest absolute Gasteiger partial charge is 0.495 e. The first-order valence-corrected chi connectivity index (χ1v) is 10.4. The van der Waals surface area contributed by atoms with Crippen molar-refractivity contribution in [3.63, 3.8) is 0 Å². The van der Waals surface area contributed by atoms with Gasteiger partial charge in [-0.05, 0) is 12.1 Å². The predicted molar refractivity (Wildman–Crippen MR) is 118 cm³/mol. The normalized spacial score (nSPS) is 15.4. The van der Waals surface area contributed by atoms with Crippen LogP contribution < -0.4 is 15.0 Å². The van der Waals surface area contributed by atoms with Gasteiger partial charge in [0.15, 0.2) is 15.8 Å². The van der Waals surface area contributed by atoms with Gasteiger partial charge in [-0.2, -0.15) is 0 Å². The van der Waals surface area contributed by atoms with Gasteiger partial charge in [-0.3, -0.25) is 4.99 Å². The minimum absolute atomic E-state index is 0. The molecule has 0 bridgehead atoms. The highest BCUT2D eigenvalue weighted by Gasteiger charge is 2.21. The van der Waals surface area contributed by atoms with Crippen LogP contribution in [0.15, 0.2) is 29.3 Å². The highest BCUT2D eigenvalue weighted by Crippen LogP contribution is 2.28. The number of hydrogen-bond acceptors (Lipinski definition) is 5. The van der Waals surface area contributed by atoms with Gasteiger partial charge in [0.2, 0.25) is 0 Å². The third-order valence-electron chi connectivity index (χ3n) is 4.35. The fourth-order valence-corrected chi connectivity index (χ4v) is 3.55. The van der Waals surface area contributed by atoms with Crippen LogP contribution in [0.2, 0.25) is 0 Å². The van der Waals surface area contributed by atoms with Crippen molar-refractivity contribution in [3.8, 4) is 5.75 Å². The first-order valence-electron chi connectivity index (χ1n) is 8.54. The number of nitrogens with zero attached hydrogens (tertiary/aromatic N) is 3. The second-order valence-corrected chi connectivity index (χ2v) is 8.33. The number of piperazine rings is 1. The Kier molecular flexibility index (Phi) is 9.48. The van der Waals surface area contributed by atoms with E-state index < -0.39 is 9.84 Å². The van der Waals surface area contributed by atoms with Gasteiger partial charge in [-0.1, -0.05) is 19.1 Å². The fraction of sp³-hybridized carbons (Fsp3) is 0.588. The van der Waals surface area contributed by atoms with Crippen LogP contribution in [0.25, 0.3) is 0 Å². The van der Waals surface area contributed by atoms with Crippen molar-refractivity contribution in [3.05, 3.63) is 24.3 Å². The molecule has 26 heavy (non-hydrogen) atoms. The van der Waals surface area contributed by atoms with E-state index in [1.54, 1.807) is 21.1 Å². The van der Waals surface area contributed by atoms with Crippen LogP contribution in [0.4, 0.5) is 5.69 Å². The van der Waals surface area contributed by atoms with Crippen LogP contribution in [-0.2, 0) is 9.84 Å². The molecule has 1 N–H and O–H groups in total. The number of halogens is 1. The Balaban J connectivity index is 0.00000338. The van der Waals surface area contributed by atoms with E-state index in [0.717, 1.165) is 43.6 Å². The molecule has 0 unspecified atom stereocenters. The number of ether oxygens (including phenoxy) is 1. The summed E-state index contributed by atoms with van der Waals surface area (Å²) in [6, 6.07) is 8.02. The van der Waals surface area contributed by atoms with Gasteiger partial charge < -0.3 is 19.9 Å². The Bertz CT molecular complexity index is 689. The molecule has 1 aromatic carbocycles. The van der Waals surface area contributed by atoms with Crippen molar-refractivity contribution in [1.82, 2.24) is 10.2 Å². The van der Waals surface area contributed by atoms with E-state index in [1.165, 1.54) is 0 Å². The summed E-state index contributed by atoms with van der Waals surface area (Å²) in [6.07, 6.45) is 0. The molecule has 1 saturated heterocycles. The quantitative estimate of drug-likeness (QED) is 0.365. The lowest BCUT2D eigenvalue weighted by Gasteiger charge is -2.38. The summed E-state index contributed by atoms with van der Waals surface area (Å²) in [6.45, 7) is 5.40. The number of para-hydroxylation sites is 2. The molecule has 2 rings (SSSR count). The Morgan fingerprint density at radius 3 is 2.46 bits per heavy atom. The summed E-state index contributed by atoms with van der Waals surface area (Å²) in [5.41, 5.74) is 1.10. The molecule has 0 saturated carbocycles. The molecule has 1 aromatic rings. The molecule has 0 atom stereocenters. The summed E-state index contributed by atoms with van der Waals surface area (Å²) in [5, 5.41) is 3.16. The molecule has 7 nitrogen and oxygen atoms in total. The van der Waals surface area contributed by atoms with Crippen LogP contribution in [0, 0.1) is 0 Å².